The van der Waals surface area contributed by atoms with Crippen molar-refractivity contribution in [1.82, 2.24) is 25.3 Å². The second-order valence-electron chi connectivity index (χ2n) is 12.0. The van der Waals surface area contributed by atoms with E-state index in [9.17, 15) is 14.4 Å². The molecule has 1 aliphatic rings. The number of aromatic amines is 1. The third-order valence-corrected chi connectivity index (χ3v) is 9.19. The van der Waals surface area contributed by atoms with Crippen molar-refractivity contribution < 1.29 is 19.1 Å². The first-order chi connectivity index (χ1) is 22.9. The Bertz CT molecular complexity index is 2130. The summed E-state index contributed by atoms with van der Waals surface area (Å²) in [5.41, 5.74) is 9.75. The molecule has 0 aliphatic carbocycles. The van der Waals surface area contributed by atoms with Gasteiger partial charge in [0.25, 0.3) is 17.7 Å². The Hall–Kier alpha value is -5.83. The molecule has 1 aliphatic heterocycles. The van der Waals surface area contributed by atoms with Gasteiger partial charge < -0.3 is 19.2 Å². The number of aromatic nitrogens is 2. The first-order valence-corrected chi connectivity index (χ1v) is 15.8. The number of amides is 3. The Morgan fingerprint density at radius 2 is 1.62 bits per heavy atom. The van der Waals surface area contributed by atoms with Gasteiger partial charge in [-0.2, -0.15) is 0 Å². The molecule has 3 atom stereocenters. The zero-order valence-corrected chi connectivity index (χ0v) is 26.4. The van der Waals surface area contributed by atoms with Crippen molar-refractivity contribution in [3.8, 4) is 11.5 Å². The number of rotatable bonds is 8. The van der Waals surface area contributed by atoms with Crippen molar-refractivity contribution in [3.63, 3.8) is 0 Å². The maximum atomic E-state index is 14.1. The van der Waals surface area contributed by atoms with E-state index in [1.807, 2.05) is 117 Å². The van der Waals surface area contributed by atoms with Crippen LogP contribution in [0.2, 0.25) is 0 Å². The Morgan fingerprint density at radius 3 is 2.43 bits per heavy atom. The van der Waals surface area contributed by atoms with E-state index in [1.54, 1.807) is 22.6 Å². The summed E-state index contributed by atoms with van der Waals surface area (Å²) in [6.07, 6.45) is 2.56. The third kappa shape index (κ3) is 5.29. The number of ether oxygens (including phenoxy) is 1. The van der Waals surface area contributed by atoms with E-state index in [0.29, 0.717) is 29.2 Å². The lowest BCUT2D eigenvalue weighted by Gasteiger charge is -2.36. The van der Waals surface area contributed by atoms with Crippen LogP contribution in [-0.4, -0.2) is 38.2 Å². The Morgan fingerprint density at radius 1 is 0.872 bits per heavy atom. The van der Waals surface area contributed by atoms with E-state index < -0.39 is 23.9 Å². The summed E-state index contributed by atoms with van der Waals surface area (Å²) < 4.78 is 7.74. The van der Waals surface area contributed by atoms with Crippen LogP contribution in [-0.2, 0) is 11.8 Å². The molecule has 3 unspecified atom stereocenters. The summed E-state index contributed by atoms with van der Waals surface area (Å²) >= 11 is 0. The van der Waals surface area contributed by atoms with Gasteiger partial charge in [-0.25, -0.2) is 0 Å². The zero-order valence-electron chi connectivity index (χ0n) is 26.4. The number of carbonyl (C=O) groups excluding carboxylic acids is 3. The second kappa shape index (κ2) is 12.2. The lowest BCUT2D eigenvalue weighted by atomic mass is 9.93. The van der Waals surface area contributed by atoms with Crippen molar-refractivity contribution >= 4 is 39.5 Å². The van der Waals surface area contributed by atoms with Crippen molar-refractivity contribution in [3.05, 3.63) is 132 Å². The van der Waals surface area contributed by atoms with Gasteiger partial charge in [-0.1, -0.05) is 74.9 Å². The molecule has 0 fully saturated rings. The molecule has 9 heteroatoms. The minimum Gasteiger partial charge on any atom is -0.457 e. The van der Waals surface area contributed by atoms with Gasteiger partial charge in [0.15, 0.2) is 0 Å². The first kappa shape index (κ1) is 29.9. The summed E-state index contributed by atoms with van der Waals surface area (Å²) in [4.78, 5) is 46.6. The summed E-state index contributed by atoms with van der Waals surface area (Å²) in [6, 6.07) is 31.0. The summed E-state index contributed by atoms with van der Waals surface area (Å²) in [5.74, 6) is -0.00748. The van der Waals surface area contributed by atoms with Crippen LogP contribution in [0.15, 0.2) is 109 Å². The van der Waals surface area contributed by atoms with Gasteiger partial charge in [0, 0.05) is 46.2 Å². The molecule has 3 amide bonds. The molecule has 0 bridgehead atoms. The summed E-state index contributed by atoms with van der Waals surface area (Å²) in [6.45, 7) is 3.94. The monoisotopic (exact) mass is 625 g/mol. The molecule has 0 radical (unpaired) electrons. The predicted molar refractivity (Wildman–Crippen MR) is 181 cm³/mol. The molecule has 7 rings (SSSR count). The van der Waals surface area contributed by atoms with Crippen molar-refractivity contribution in [2.45, 2.75) is 32.4 Å². The fraction of sp³-hybridized carbons (Fsp3) is 0.184. The number of para-hydroxylation sites is 2. The highest BCUT2D eigenvalue weighted by Crippen LogP contribution is 2.43. The van der Waals surface area contributed by atoms with E-state index in [1.165, 1.54) is 0 Å². The minimum atomic E-state index is -0.857. The summed E-state index contributed by atoms with van der Waals surface area (Å²) in [5, 5.41) is 1.80. The number of aryl methyl sites for hydroxylation is 1. The lowest BCUT2D eigenvalue weighted by molar-refractivity contribution is -0.128. The highest BCUT2D eigenvalue weighted by atomic mass is 16.5. The number of benzene rings is 4. The fourth-order valence-electron chi connectivity index (χ4n) is 6.63. The molecule has 3 heterocycles. The number of H-pyrrole nitrogens is 1. The topological polar surface area (TPSA) is 108 Å². The number of carbonyl (C=O) groups is 3. The number of fused-ring (bicyclic) bond motifs is 3. The Labute approximate surface area is 272 Å². The van der Waals surface area contributed by atoms with Crippen LogP contribution < -0.4 is 15.6 Å². The highest BCUT2D eigenvalue weighted by Gasteiger charge is 2.46. The van der Waals surface area contributed by atoms with E-state index in [4.69, 9.17) is 4.74 Å². The fourth-order valence-corrected chi connectivity index (χ4v) is 6.63. The molecular weight excluding hydrogens is 590 g/mol. The molecule has 47 heavy (non-hydrogen) atoms. The van der Waals surface area contributed by atoms with Crippen molar-refractivity contribution in [2.24, 2.45) is 13.0 Å². The molecule has 3 N–H and O–H groups in total. The van der Waals surface area contributed by atoms with Crippen LogP contribution in [0.25, 0.3) is 21.8 Å². The molecule has 0 saturated heterocycles. The third-order valence-electron chi connectivity index (χ3n) is 9.19. The molecule has 9 nitrogen and oxygen atoms in total. The van der Waals surface area contributed by atoms with Gasteiger partial charge in [0.05, 0.1) is 6.04 Å². The van der Waals surface area contributed by atoms with E-state index in [2.05, 4.69) is 15.8 Å². The zero-order chi connectivity index (χ0) is 32.7. The normalized spacial score (nSPS) is 15.4. The predicted octanol–water partition coefficient (Wildman–Crippen LogP) is 6.87. The second-order valence-corrected chi connectivity index (χ2v) is 12.0. The Kier molecular flexibility index (Phi) is 7.73. The molecule has 4 aromatic carbocycles. The smallest absolute Gasteiger partial charge is 0.286 e. The average molecular weight is 626 g/mol. The van der Waals surface area contributed by atoms with Gasteiger partial charge in [-0.05, 0) is 60.0 Å². The number of nitrogens with zero attached hydrogens (tertiary/aromatic N) is 2. The summed E-state index contributed by atoms with van der Waals surface area (Å²) in [7, 11) is 1.80. The lowest BCUT2D eigenvalue weighted by Crippen LogP contribution is -2.55. The van der Waals surface area contributed by atoms with Crippen LogP contribution in [0, 0.1) is 5.92 Å². The maximum Gasteiger partial charge on any atom is 0.286 e. The molecular formula is C38H35N5O4. The van der Waals surface area contributed by atoms with Crippen LogP contribution in [0.3, 0.4) is 0 Å². The van der Waals surface area contributed by atoms with Crippen molar-refractivity contribution in [1.29, 1.82) is 0 Å². The van der Waals surface area contributed by atoms with Gasteiger partial charge in [-0.15, -0.1) is 0 Å². The van der Waals surface area contributed by atoms with Crippen LogP contribution in [0.4, 0.5) is 0 Å². The van der Waals surface area contributed by atoms with Crippen LogP contribution in [0.1, 0.15) is 58.3 Å². The minimum absolute atomic E-state index is 0.210. The molecule has 0 saturated carbocycles. The number of hydrogen-bond acceptors (Lipinski definition) is 4. The highest BCUT2D eigenvalue weighted by molar-refractivity contribution is 6.04. The van der Waals surface area contributed by atoms with E-state index >= 15 is 0 Å². The van der Waals surface area contributed by atoms with Gasteiger partial charge in [0.1, 0.15) is 23.2 Å². The van der Waals surface area contributed by atoms with Gasteiger partial charge in [0.2, 0.25) is 0 Å². The van der Waals surface area contributed by atoms with E-state index in [0.717, 1.165) is 32.9 Å². The first-order valence-electron chi connectivity index (χ1n) is 15.8. The number of hydrogen-bond donors (Lipinski definition) is 3. The largest absolute Gasteiger partial charge is 0.457 e. The van der Waals surface area contributed by atoms with Crippen molar-refractivity contribution in [2.75, 3.05) is 0 Å². The average Bonchev–Trinajstić information content (AvgIpc) is 3.75. The number of nitrogens with one attached hydrogen (secondary N) is 3. The van der Waals surface area contributed by atoms with Gasteiger partial charge >= 0.3 is 0 Å². The molecule has 2 aromatic heterocycles. The quantitative estimate of drug-likeness (QED) is 0.160. The standard InChI is InChI=1S/C38H35N5O4/c1-4-23(2)34(43-35(28-15-8-9-16-29(28)38(43)46)30-22-39-31-17-11-10-14-27(30)31)37(45)41-40-36(44)33-21-24-20-26(18-19-32(24)42(33)3)47-25-12-6-5-7-13-25/h5-23,34-35,39H,4H2,1-3H3,(H,40,44)(H,41,45). The van der Waals surface area contributed by atoms with Crippen LogP contribution >= 0.6 is 0 Å². The van der Waals surface area contributed by atoms with Gasteiger partial charge in [-0.3, -0.25) is 25.2 Å². The van der Waals surface area contributed by atoms with E-state index in [-0.39, 0.29) is 11.8 Å². The number of hydrazine groups is 1. The maximum absolute atomic E-state index is 14.1. The van der Waals surface area contributed by atoms with Crippen LogP contribution in [0.5, 0.6) is 11.5 Å². The SMILES string of the molecule is CCC(C)C(C(=O)NNC(=O)c1cc2cc(Oc3ccccc3)ccc2n1C)N1C(=O)c2ccccc2C1c1c[nH]c2ccccc12. The molecule has 6 aromatic rings. The molecule has 0 spiro atoms. The Balaban J connectivity index is 1.15. The molecule has 236 valence electrons.